The molecule has 0 fully saturated rings. The fourth-order valence-electron chi connectivity index (χ4n) is 1.40. The number of benzene rings is 1. The number of hydrogen-bond donors (Lipinski definition) is 3. The van der Waals surface area contributed by atoms with E-state index in [4.69, 9.17) is 14.6 Å². The topological polar surface area (TPSA) is 96.9 Å². The number of aliphatic carboxylic acids is 1. The third kappa shape index (κ3) is 4.61. The molecule has 0 aromatic heterocycles. The van der Waals surface area contributed by atoms with Crippen LogP contribution in [0.1, 0.15) is 6.42 Å². The van der Waals surface area contributed by atoms with E-state index in [2.05, 4.69) is 26.6 Å². The second kappa shape index (κ2) is 7.59. The summed E-state index contributed by atoms with van der Waals surface area (Å²) in [5.41, 5.74) is 0.482. The summed E-state index contributed by atoms with van der Waals surface area (Å²) in [6.07, 6.45) is -0.138. The Kier molecular flexibility index (Phi) is 6.10. The first-order valence-corrected chi connectivity index (χ1v) is 6.45. The van der Waals surface area contributed by atoms with Gasteiger partial charge in [0.1, 0.15) is 0 Å². The summed E-state index contributed by atoms with van der Waals surface area (Å²) in [5, 5.41) is 13.5. The molecule has 0 unspecified atom stereocenters. The molecule has 0 radical (unpaired) electrons. The van der Waals surface area contributed by atoms with Crippen LogP contribution in [-0.4, -0.2) is 37.9 Å². The highest BCUT2D eigenvalue weighted by Crippen LogP contribution is 2.36. The van der Waals surface area contributed by atoms with Crippen LogP contribution < -0.4 is 20.1 Å². The molecule has 2 amide bonds. The van der Waals surface area contributed by atoms with Crippen molar-refractivity contribution >= 4 is 33.6 Å². The van der Waals surface area contributed by atoms with E-state index in [1.807, 2.05) is 0 Å². The number of nitrogens with one attached hydrogen (secondary N) is 2. The number of carbonyl (C=O) groups excluding carboxylic acids is 1. The SMILES string of the molecule is COc1cc(Br)c(NC(=O)NCCC(=O)O)cc1OC. The first-order chi connectivity index (χ1) is 9.47. The van der Waals surface area contributed by atoms with Crippen LogP contribution in [0, 0.1) is 0 Å². The van der Waals surface area contributed by atoms with Gasteiger partial charge in [0.25, 0.3) is 0 Å². The van der Waals surface area contributed by atoms with Crippen LogP contribution in [0.2, 0.25) is 0 Å². The molecule has 0 heterocycles. The monoisotopic (exact) mass is 346 g/mol. The van der Waals surface area contributed by atoms with Gasteiger partial charge in [0.2, 0.25) is 0 Å². The van der Waals surface area contributed by atoms with Crippen LogP contribution in [0.25, 0.3) is 0 Å². The van der Waals surface area contributed by atoms with E-state index >= 15 is 0 Å². The number of carboxylic acid groups (broad SMARTS) is 1. The van der Waals surface area contributed by atoms with Crippen molar-refractivity contribution in [3.05, 3.63) is 16.6 Å². The minimum absolute atomic E-state index is 0.0477. The van der Waals surface area contributed by atoms with Gasteiger partial charge in [-0.3, -0.25) is 4.79 Å². The number of methoxy groups -OCH3 is 2. The molecule has 3 N–H and O–H groups in total. The Hall–Kier alpha value is -1.96. The molecule has 0 saturated heterocycles. The van der Waals surface area contributed by atoms with Crippen molar-refractivity contribution in [1.29, 1.82) is 0 Å². The Labute approximate surface area is 124 Å². The summed E-state index contributed by atoms with van der Waals surface area (Å²) in [7, 11) is 3.00. The Morgan fingerprint density at radius 3 is 2.40 bits per heavy atom. The lowest BCUT2D eigenvalue weighted by Crippen LogP contribution is -2.30. The summed E-state index contributed by atoms with van der Waals surface area (Å²) in [5.74, 6) is 0.0188. The number of carboxylic acids is 1. The van der Waals surface area contributed by atoms with E-state index in [-0.39, 0.29) is 13.0 Å². The van der Waals surface area contributed by atoms with Gasteiger partial charge in [0.05, 0.1) is 26.3 Å². The van der Waals surface area contributed by atoms with Gasteiger partial charge in [-0.05, 0) is 15.9 Å². The van der Waals surface area contributed by atoms with Crippen molar-refractivity contribution in [1.82, 2.24) is 5.32 Å². The predicted molar refractivity (Wildman–Crippen MR) is 76.5 cm³/mol. The third-order valence-electron chi connectivity index (χ3n) is 2.35. The highest BCUT2D eigenvalue weighted by Gasteiger charge is 2.11. The fourth-order valence-corrected chi connectivity index (χ4v) is 1.82. The van der Waals surface area contributed by atoms with Crippen molar-refractivity contribution in [2.45, 2.75) is 6.42 Å². The molecule has 0 atom stereocenters. The molecule has 8 heteroatoms. The number of urea groups is 1. The average molecular weight is 347 g/mol. The Bertz CT molecular complexity index is 507. The van der Waals surface area contributed by atoms with Gasteiger partial charge >= 0.3 is 12.0 Å². The van der Waals surface area contributed by atoms with Crippen LogP contribution in [-0.2, 0) is 4.79 Å². The molecule has 7 nitrogen and oxygen atoms in total. The average Bonchev–Trinajstić information content (AvgIpc) is 2.40. The predicted octanol–water partition coefficient (Wildman–Crippen LogP) is 2.06. The van der Waals surface area contributed by atoms with Crippen LogP contribution in [0.5, 0.6) is 11.5 Å². The number of rotatable bonds is 6. The highest BCUT2D eigenvalue weighted by molar-refractivity contribution is 9.10. The number of ether oxygens (including phenoxy) is 2. The van der Waals surface area contributed by atoms with E-state index in [0.717, 1.165) is 0 Å². The number of hydrogen-bond acceptors (Lipinski definition) is 4. The lowest BCUT2D eigenvalue weighted by Gasteiger charge is -2.13. The van der Waals surface area contributed by atoms with Gasteiger partial charge in [-0.15, -0.1) is 0 Å². The summed E-state index contributed by atoms with van der Waals surface area (Å²) >= 11 is 3.30. The molecule has 0 bridgehead atoms. The van der Waals surface area contributed by atoms with Gasteiger partial charge in [0, 0.05) is 23.2 Å². The van der Waals surface area contributed by atoms with E-state index in [9.17, 15) is 9.59 Å². The van der Waals surface area contributed by atoms with Crippen molar-refractivity contribution in [2.24, 2.45) is 0 Å². The van der Waals surface area contributed by atoms with E-state index in [1.165, 1.54) is 14.2 Å². The van der Waals surface area contributed by atoms with Crippen molar-refractivity contribution in [3.63, 3.8) is 0 Å². The molecule has 0 aliphatic rings. The van der Waals surface area contributed by atoms with E-state index in [1.54, 1.807) is 12.1 Å². The Morgan fingerprint density at radius 2 is 1.85 bits per heavy atom. The standard InChI is InChI=1S/C12H15BrN2O5/c1-19-9-5-7(13)8(6-10(9)20-2)15-12(18)14-4-3-11(16)17/h5-6H,3-4H2,1-2H3,(H,16,17)(H2,14,15,18). The maximum atomic E-state index is 11.6. The summed E-state index contributed by atoms with van der Waals surface area (Å²) < 4.78 is 10.9. The lowest BCUT2D eigenvalue weighted by molar-refractivity contribution is -0.136. The lowest BCUT2D eigenvalue weighted by atomic mass is 10.2. The molecular weight excluding hydrogens is 332 g/mol. The van der Waals surface area contributed by atoms with Gasteiger partial charge in [0.15, 0.2) is 11.5 Å². The first kappa shape index (κ1) is 16.1. The second-order valence-corrected chi connectivity index (χ2v) is 4.57. The zero-order valence-electron chi connectivity index (χ0n) is 11.0. The molecule has 1 aromatic rings. The Morgan fingerprint density at radius 1 is 1.25 bits per heavy atom. The minimum Gasteiger partial charge on any atom is -0.493 e. The molecule has 1 rings (SSSR count). The normalized spacial score (nSPS) is 9.75. The van der Waals surface area contributed by atoms with E-state index < -0.39 is 12.0 Å². The maximum absolute atomic E-state index is 11.6. The van der Waals surface area contributed by atoms with Gasteiger partial charge in [-0.2, -0.15) is 0 Å². The van der Waals surface area contributed by atoms with Crippen LogP contribution in [0.15, 0.2) is 16.6 Å². The van der Waals surface area contributed by atoms with Gasteiger partial charge in [-0.25, -0.2) is 4.79 Å². The Balaban J connectivity index is 2.72. The summed E-state index contributed by atoms with van der Waals surface area (Å²) in [4.78, 5) is 21.9. The van der Waals surface area contributed by atoms with Crippen LogP contribution >= 0.6 is 15.9 Å². The smallest absolute Gasteiger partial charge is 0.319 e. The minimum atomic E-state index is -0.974. The quantitative estimate of drug-likeness (QED) is 0.732. The largest absolute Gasteiger partial charge is 0.493 e. The molecule has 0 saturated carbocycles. The maximum Gasteiger partial charge on any atom is 0.319 e. The molecular formula is C12H15BrN2O5. The fraction of sp³-hybridized carbons (Fsp3) is 0.333. The number of carbonyl (C=O) groups is 2. The molecule has 0 aliphatic carbocycles. The second-order valence-electron chi connectivity index (χ2n) is 3.71. The highest BCUT2D eigenvalue weighted by atomic mass is 79.9. The zero-order valence-corrected chi connectivity index (χ0v) is 12.6. The third-order valence-corrected chi connectivity index (χ3v) is 3.00. The zero-order chi connectivity index (χ0) is 15.1. The summed E-state index contributed by atoms with van der Waals surface area (Å²) in [6.45, 7) is 0.0477. The summed E-state index contributed by atoms with van der Waals surface area (Å²) in [6, 6.07) is 2.75. The van der Waals surface area contributed by atoms with Crippen molar-refractivity contribution in [2.75, 3.05) is 26.1 Å². The molecule has 1 aromatic carbocycles. The number of amides is 2. The van der Waals surface area contributed by atoms with Gasteiger partial charge < -0.3 is 25.2 Å². The molecule has 20 heavy (non-hydrogen) atoms. The van der Waals surface area contributed by atoms with Crippen LogP contribution in [0.4, 0.5) is 10.5 Å². The van der Waals surface area contributed by atoms with Crippen molar-refractivity contribution < 1.29 is 24.2 Å². The molecule has 0 spiro atoms. The van der Waals surface area contributed by atoms with Crippen LogP contribution in [0.3, 0.4) is 0 Å². The van der Waals surface area contributed by atoms with Crippen molar-refractivity contribution in [3.8, 4) is 11.5 Å². The van der Waals surface area contributed by atoms with Gasteiger partial charge in [-0.1, -0.05) is 0 Å². The molecule has 110 valence electrons. The van der Waals surface area contributed by atoms with E-state index in [0.29, 0.717) is 21.7 Å². The molecule has 0 aliphatic heterocycles. The number of halogens is 1. The number of anilines is 1. The first-order valence-electron chi connectivity index (χ1n) is 5.66.